The fourth-order valence-corrected chi connectivity index (χ4v) is 3.20. The quantitative estimate of drug-likeness (QED) is 0.246. The van der Waals surface area contributed by atoms with Crippen molar-refractivity contribution in [1.82, 2.24) is 15.6 Å². The van der Waals surface area contributed by atoms with Gasteiger partial charge in [-0.2, -0.15) is 0 Å². The number of hydrogen-bond acceptors (Lipinski definition) is 4. The number of ether oxygens (including phenoxy) is 1. The van der Waals surface area contributed by atoms with Gasteiger partial charge in [-0.15, -0.1) is 24.0 Å². The molecule has 1 fully saturated rings. The number of aryl methyl sites for hydroxylation is 1. The van der Waals surface area contributed by atoms with Crippen LogP contribution in [0.3, 0.4) is 0 Å². The Labute approximate surface area is 184 Å². The number of aromatic nitrogens is 1. The third-order valence-electron chi connectivity index (χ3n) is 4.78. The molecule has 1 aromatic carbocycles. The average Bonchev–Trinajstić information content (AvgIpc) is 3.36. The van der Waals surface area contributed by atoms with Gasteiger partial charge >= 0.3 is 0 Å². The van der Waals surface area contributed by atoms with Crippen molar-refractivity contribution in [3.05, 3.63) is 41.8 Å². The second kappa shape index (κ2) is 12.1. The van der Waals surface area contributed by atoms with Crippen molar-refractivity contribution in [2.75, 3.05) is 20.2 Å². The average molecular weight is 498 g/mol. The van der Waals surface area contributed by atoms with Gasteiger partial charge < -0.3 is 19.8 Å². The van der Waals surface area contributed by atoms with Gasteiger partial charge in [0.25, 0.3) is 0 Å². The highest BCUT2D eigenvalue weighted by atomic mass is 127. The van der Waals surface area contributed by atoms with Gasteiger partial charge in [-0.1, -0.05) is 30.5 Å². The van der Waals surface area contributed by atoms with Gasteiger partial charge in [-0.05, 0) is 38.3 Å². The van der Waals surface area contributed by atoms with Gasteiger partial charge in [-0.25, -0.2) is 4.98 Å². The Kier molecular flexibility index (Phi) is 9.77. The normalized spacial score (nSPS) is 14.7. The maximum absolute atomic E-state index is 5.88. The number of aliphatic imine (C=N–C) groups is 1. The summed E-state index contributed by atoms with van der Waals surface area (Å²) >= 11 is 0. The Bertz CT molecular complexity index is 724. The molecular formula is C21H31IN4O2. The molecule has 0 spiro atoms. The number of rotatable bonds is 8. The first kappa shape index (κ1) is 22.7. The van der Waals surface area contributed by atoms with Gasteiger partial charge in [0.05, 0.1) is 18.3 Å². The summed E-state index contributed by atoms with van der Waals surface area (Å²) in [5.74, 6) is 1.40. The van der Waals surface area contributed by atoms with Crippen LogP contribution < -0.4 is 10.6 Å². The Hall–Kier alpha value is -1.61. The molecule has 0 atom stereocenters. The van der Waals surface area contributed by atoms with Crippen molar-refractivity contribution in [3.8, 4) is 11.5 Å². The van der Waals surface area contributed by atoms with Crippen LogP contribution >= 0.6 is 24.0 Å². The highest BCUT2D eigenvalue weighted by Crippen LogP contribution is 2.21. The van der Waals surface area contributed by atoms with Gasteiger partial charge in [0, 0.05) is 25.8 Å². The van der Waals surface area contributed by atoms with Crippen molar-refractivity contribution in [2.45, 2.75) is 51.7 Å². The second-order valence-corrected chi connectivity index (χ2v) is 6.99. The lowest BCUT2D eigenvalue weighted by Gasteiger charge is -2.13. The molecule has 3 rings (SSSR count). The number of benzene rings is 1. The third kappa shape index (κ3) is 7.09. The standard InChI is InChI=1S/C21H30N4O2.HI/c1-16-8-10-17(11-9-16)20-25-18(15-27-20)14-24-21(22-2)23-12-5-13-26-19-6-3-4-7-19;/h8-11,15,19H,3-7,12-14H2,1-2H3,(H2,22,23,24);1H. The van der Waals surface area contributed by atoms with Crippen LogP contribution in [0.5, 0.6) is 0 Å². The van der Waals surface area contributed by atoms with E-state index in [1.54, 1.807) is 13.3 Å². The SMILES string of the molecule is CN=C(NCCCOC1CCCC1)NCc1coc(-c2ccc(C)cc2)n1.I. The minimum absolute atomic E-state index is 0. The molecule has 0 amide bonds. The van der Waals surface area contributed by atoms with Crippen LogP contribution in [-0.2, 0) is 11.3 Å². The van der Waals surface area contributed by atoms with E-state index >= 15 is 0 Å². The molecule has 0 unspecified atom stereocenters. The zero-order valence-electron chi connectivity index (χ0n) is 16.7. The monoisotopic (exact) mass is 498 g/mol. The number of guanidine groups is 1. The molecule has 0 aliphatic heterocycles. The molecule has 0 saturated heterocycles. The zero-order chi connectivity index (χ0) is 18.9. The minimum Gasteiger partial charge on any atom is -0.444 e. The van der Waals surface area contributed by atoms with Crippen LogP contribution in [-0.4, -0.2) is 37.2 Å². The van der Waals surface area contributed by atoms with Crippen molar-refractivity contribution >= 4 is 29.9 Å². The van der Waals surface area contributed by atoms with E-state index in [-0.39, 0.29) is 24.0 Å². The lowest BCUT2D eigenvalue weighted by Crippen LogP contribution is -2.37. The highest BCUT2D eigenvalue weighted by molar-refractivity contribution is 14.0. The van der Waals surface area contributed by atoms with Crippen LogP contribution in [0.15, 0.2) is 39.9 Å². The summed E-state index contributed by atoms with van der Waals surface area (Å²) in [6.45, 7) is 4.26. The predicted octanol–water partition coefficient (Wildman–Crippen LogP) is 4.28. The lowest BCUT2D eigenvalue weighted by atomic mass is 10.1. The summed E-state index contributed by atoms with van der Waals surface area (Å²) in [5.41, 5.74) is 3.05. The minimum atomic E-state index is 0. The van der Waals surface area contributed by atoms with Crippen LogP contribution in [0.2, 0.25) is 0 Å². The molecule has 1 heterocycles. The third-order valence-corrected chi connectivity index (χ3v) is 4.78. The Morgan fingerprint density at radius 1 is 1.21 bits per heavy atom. The molecular weight excluding hydrogens is 467 g/mol. The topological polar surface area (TPSA) is 71.7 Å². The first-order valence-electron chi connectivity index (χ1n) is 9.82. The summed E-state index contributed by atoms with van der Waals surface area (Å²) in [6.07, 6.45) is 8.21. The molecule has 1 aliphatic rings. The first-order chi connectivity index (χ1) is 13.2. The van der Waals surface area contributed by atoms with Crippen molar-refractivity contribution in [1.29, 1.82) is 0 Å². The maximum atomic E-state index is 5.88. The molecule has 6 nitrogen and oxygen atoms in total. The van der Waals surface area contributed by atoms with E-state index in [0.29, 0.717) is 18.5 Å². The van der Waals surface area contributed by atoms with Crippen LogP contribution in [0.25, 0.3) is 11.5 Å². The van der Waals surface area contributed by atoms with Gasteiger partial charge in [0.2, 0.25) is 5.89 Å². The molecule has 1 saturated carbocycles. The Balaban J connectivity index is 0.00000280. The van der Waals surface area contributed by atoms with E-state index in [2.05, 4.69) is 39.7 Å². The number of nitrogens with zero attached hydrogens (tertiary/aromatic N) is 2. The van der Waals surface area contributed by atoms with Crippen LogP contribution in [0, 0.1) is 6.92 Å². The number of hydrogen-bond donors (Lipinski definition) is 2. The van der Waals surface area contributed by atoms with E-state index in [4.69, 9.17) is 9.15 Å². The molecule has 7 heteroatoms. The first-order valence-corrected chi connectivity index (χ1v) is 9.82. The van der Waals surface area contributed by atoms with Gasteiger partial charge in [-0.3, -0.25) is 4.99 Å². The van der Waals surface area contributed by atoms with Crippen molar-refractivity contribution in [3.63, 3.8) is 0 Å². The van der Waals surface area contributed by atoms with Crippen molar-refractivity contribution < 1.29 is 9.15 Å². The summed E-state index contributed by atoms with van der Waals surface area (Å²) in [4.78, 5) is 8.79. The summed E-state index contributed by atoms with van der Waals surface area (Å²) in [5, 5.41) is 6.58. The van der Waals surface area contributed by atoms with E-state index < -0.39 is 0 Å². The molecule has 2 N–H and O–H groups in total. The number of oxazole rings is 1. The predicted molar refractivity (Wildman–Crippen MR) is 123 cm³/mol. The molecule has 2 aromatic rings. The Morgan fingerprint density at radius 3 is 2.68 bits per heavy atom. The molecule has 0 radical (unpaired) electrons. The molecule has 154 valence electrons. The summed E-state index contributed by atoms with van der Waals surface area (Å²) in [7, 11) is 1.77. The summed E-state index contributed by atoms with van der Waals surface area (Å²) in [6, 6.07) is 8.15. The van der Waals surface area contributed by atoms with Gasteiger partial charge in [0.15, 0.2) is 5.96 Å². The van der Waals surface area contributed by atoms with Crippen molar-refractivity contribution in [2.24, 2.45) is 4.99 Å². The fraction of sp³-hybridized carbons (Fsp3) is 0.524. The number of halogens is 1. The largest absolute Gasteiger partial charge is 0.444 e. The smallest absolute Gasteiger partial charge is 0.226 e. The molecule has 1 aliphatic carbocycles. The molecule has 28 heavy (non-hydrogen) atoms. The maximum Gasteiger partial charge on any atom is 0.226 e. The number of nitrogens with one attached hydrogen (secondary N) is 2. The molecule has 0 bridgehead atoms. The molecule has 1 aromatic heterocycles. The van der Waals surface area contributed by atoms with E-state index in [1.165, 1.54) is 31.2 Å². The summed E-state index contributed by atoms with van der Waals surface area (Å²) < 4.78 is 11.5. The van der Waals surface area contributed by atoms with Crippen LogP contribution in [0.4, 0.5) is 0 Å². The highest BCUT2D eigenvalue weighted by Gasteiger charge is 2.14. The van der Waals surface area contributed by atoms with Crippen LogP contribution in [0.1, 0.15) is 43.4 Å². The lowest BCUT2D eigenvalue weighted by molar-refractivity contribution is 0.0574. The van der Waals surface area contributed by atoms with E-state index in [1.807, 2.05) is 12.1 Å². The zero-order valence-corrected chi connectivity index (χ0v) is 19.1. The fourth-order valence-electron chi connectivity index (χ4n) is 3.20. The Morgan fingerprint density at radius 2 is 1.96 bits per heavy atom. The van der Waals surface area contributed by atoms with E-state index in [9.17, 15) is 0 Å². The van der Waals surface area contributed by atoms with Gasteiger partial charge in [0.1, 0.15) is 6.26 Å². The second-order valence-electron chi connectivity index (χ2n) is 6.99. The van der Waals surface area contributed by atoms with E-state index in [0.717, 1.165) is 36.8 Å².